The van der Waals surface area contributed by atoms with E-state index >= 15 is 0 Å². The number of oxime groups is 1. The summed E-state index contributed by atoms with van der Waals surface area (Å²) in [6.07, 6.45) is 4.12. The standard InChI is InChI=1S/C20H26FN5O2/c1-13-8-14(2)23-18(22-13)25-7-3-6-19(10-25)9-16(24-28-19)17(27)26-11-20(21,12-26)15-4-5-15/h8,15H,3-7,9-12H2,1-2H3/t19-/m0/s1. The van der Waals surface area contributed by atoms with Crippen molar-refractivity contribution < 1.29 is 14.0 Å². The molecule has 1 saturated carbocycles. The number of alkyl halides is 1. The molecule has 1 aromatic rings. The molecule has 4 aliphatic rings. The minimum atomic E-state index is -1.17. The van der Waals surface area contributed by atoms with Gasteiger partial charge in [0.1, 0.15) is 11.4 Å². The van der Waals surface area contributed by atoms with E-state index in [1.807, 2.05) is 19.9 Å². The number of hydrogen-bond acceptors (Lipinski definition) is 6. The van der Waals surface area contributed by atoms with E-state index < -0.39 is 11.3 Å². The first-order chi connectivity index (χ1) is 13.4. The van der Waals surface area contributed by atoms with Crippen LogP contribution in [0.15, 0.2) is 11.2 Å². The Morgan fingerprint density at radius 2 is 1.93 bits per heavy atom. The van der Waals surface area contributed by atoms with Crippen molar-refractivity contribution in [3.8, 4) is 0 Å². The number of piperidine rings is 1. The molecule has 8 heteroatoms. The van der Waals surface area contributed by atoms with Crippen LogP contribution < -0.4 is 4.90 Å². The van der Waals surface area contributed by atoms with Crippen LogP contribution in [0, 0.1) is 19.8 Å². The SMILES string of the molecule is Cc1cc(C)nc(N2CCC[C@]3(CC(C(=O)N4CC(F)(C5CC5)C4)=NO3)C2)n1. The fourth-order valence-electron chi connectivity index (χ4n) is 4.75. The lowest BCUT2D eigenvalue weighted by atomic mass is 9.86. The van der Waals surface area contributed by atoms with Gasteiger partial charge in [0, 0.05) is 24.4 Å². The van der Waals surface area contributed by atoms with E-state index in [1.165, 1.54) is 0 Å². The van der Waals surface area contributed by atoms with Crippen molar-refractivity contribution in [1.29, 1.82) is 0 Å². The molecule has 2 saturated heterocycles. The molecule has 5 rings (SSSR count). The van der Waals surface area contributed by atoms with Crippen molar-refractivity contribution in [1.82, 2.24) is 14.9 Å². The molecule has 4 heterocycles. The molecular weight excluding hydrogens is 361 g/mol. The highest BCUT2D eigenvalue weighted by Gasteiger charge is 2.56. The first-order valence-corrected chi connectivity index (χ1v) is 10.2. The van der Waals surface area contributed by atoms with E-state index in [-0.39, 0.29) is 24.9 Å². The van der Waals surface area contributed by atoms with Gasteiger partial charge in [0.15, 0.2) is 5.60 Å². The van der Waals surface area contributed by atoms with Gasteiger partial charge in [-0.15, -0.1) is 0 Å². The average Bonchev–Trinajstić information content (AvgIpc) is 3.41. The van der Waals surface area contributed by atoms with Crippen molar-refractivity contribution in [2.75, 3.05) is 31.1 Å². The molecule has 0 unspecified atom stereocenters. The van der Waals surface area contributed by atoms with Crippen LogP contribution in [0.1, 0.15) is 43.5 Å². The van der Waals surface area contributed by atoms with Crippen molar-refractivity contribution >= 4 is 17.6 Å². The molecule has 1 aliphatic carbocycles. The molecule has 7 nitrogen and oxygen atoms in total. The quantitative estimate of drug-likeness (QED) is 0.795. The molecule has 0 aromatic carbocycles. The smallest absolute Gasteiger partial charge is 0.272 e. The lowest BCUT2D eigenvalue weighted by Crippen LogP contribution is -2.63. The third kappa shape index (κ3) is 3.02. The highest BCUT2D eigenvalue weighted by Crippen LogP contribution is 2.47. The van der Waals surface area contributed by atoms with E-state index in [2.05, 4.69) is 20.0 Å². The lowest BCUT2D eigenvalue weighted by molar-refractivity contribution is -0.139. The maximum Gasteiger partial charge on any atom is 0.272 e. The second-order valence-corrected chi connectivity index (χ2v) is 8.93. The van der Waals surface area contributed by atoms with Crippen molar-refractivity contribution in [3.05, 3.63) is 17.5 Å². The molecule has 1 spiro atoms. The van der Waals surface area contributed by atoms with Gasteiger partial charge in [0.05, 0.1) is 19.6 Å². The summed E-state index contributed by atoms with van der Waals surface area (Å²) < 4.78 is 14.6. The van der Waals surface area contributed by atoms with Crippen LogP contribution in [-0.2, 0) is 9.63 Å². The summed E-state index contributed by atoms with van der Waals surface area (Å²) in [5.41, 5.74) is 0.601. The molecule has 1 amide bonds. The third-order valence-electron chi connectivity index (χ3n) is 6.38. The maximum atomic E-state index is 14.6. The highest BCUT2D eigenvalue weighted by atomic mass is 19.1. The van der Waals surface area contributed by atoms with Gasteiger partial charge in [0.25, 0.3) is 5.91 Å². The normalized spacial score (nSPS) is 28.8. The first-order valence-electron chi connectivity index (χ1n) is 10.2. The Labute approximate surface area is 163 Å². The molecule has 0 N–H and O–H groups in total. The molecule has 150 valence electrons. The number of likely N-dealkylation sites (tertiary alicyclic amines) is 1. The van der Waals surface area contributed by atoms with E-state index in [1.54, 1.807) is 4.90 Å². The van der Waals surface area contributed by atoms with E-state index in [0.717, 1.165) is 43.6 Å². The number of aromatic nitrogens is 2. The topological polar surface area (TPSA) is 70.9 Å². The van der Waals surface area contributed by atoms with Crippen LogP contribution in [0.2, 0.25) is 0 Å². The predicted octanol–water partition coefficient (Wildman–Crippen LogP) is 2.17. The second kappa shape index (κ2) is 6.12. The summed E-state index contributed by atoms with van der Waals surface area (Å²) in [6, 6.07) is 1.95. The monoisotopic (exact) mass is 387 g/mol. The molecule has 0 radical (unpaired) electrons. The minimum Gasteiger partial charge on any atom is -0.386 e. The molecule has 1 atom stereocenters. The van der Waals surface area contributed by atoms with Crippen LogP contribution in [0.5, 0.6) is 0 Å². The number of anilines is 1. The van der Waals surface area contributed by atoms with Gasteiger partial charge in [-0.3, -0.25) is 4.79 Å². The summed E-state index contributed by atoms with van der Waals surface area (Å²) in [5, 5.41) is 4.12. The zero-order valence-electron chi connectivity index (χ0n) is 16.4. The Morgan fingerprint density at radius 3 is 2.61 bits per heavy atom. The molecule has 1 aromatic heterocycles. The Kier molecular flexibility index (Phi) is 3.90. The summed E-state index contributed by atoms with van der Waals surface area (Å²) in [7, 11) is 0. The van der Waals surface area contributed by atoms with Gasteiger partial charge in [-0.2, -0.15) is 0 Å². The second-order valence-electron chi connectivity index (χ2n) is 8.93. The van der Waals surface area contributed by atoms with Gasteiger partial charge >= 0.3 is 0 Å². The maximum absolute atomic E-state index is 14.6. The number of amides is 1. The van der Waals surface area contributed by atoms with Crippen LogP contribution in [-0.4, -0.2) is 63.9 Å². The average molecular weight is 387 g/mol. The Bertz CT molecular complexity index is 829. The number of nitrogens with zero attached hydrogens (tertiary/aromatic N) is 5. The fraction of sp³-hybridized carbons (Fsp3) is 0.700. The summed E-state index contributed by atoms with van der Waals surface area (Å²) in [6.45, 7) is 5.78. The zero-order valence-corrected chi connectivity index (χ0v) is 16.4. The Hall–Kier alpha value is -2.25. The molecule has 28 heavy (non-hydrogen) atoms. The van der Waals surface area contributed by atoms with Crippen LogP contribution in [0.4, 0.5) is 10.3 Å². The van der Waals surface area contributed by atoms with Gasteiger partial charge < -0.3 is 14.6 Å². The number of carbonyl (C=O) groups is 1. The van der Waals surface area contributed by atoms with Gasteiger partial charge in [-0.25, -0.2) is 14.4 Å². The molecular formula is C20H26FN5O2. The third-order valence-corrected chi connectivity index (χ3v) is 6.38. The predicted molar refractivity (Wildman–Crippen MR) is 102 cm³/mol. The Balaban J connectivity index is 1.24. The van der Waals surface area contributed by atoms with Gasteiger partial charge in [-0.1, -0.05) is 5.16 Å². The van der Waals surface area contributed by atoms with Crippen molar-refractivity contribution in [2.24, 2.45) is 11.1 Å². The van der Waals surface area contributed by atoms with E-state index in [9.17, 15) is 9.18 Å². The van der Waals surface area contributed by atoms with Crippen LogP contribution >= 0.6 is 0 Å². The zero-order chi connectivity index (χ0) is 19.5. The van der Waals surface area contributed by atoms with Crippen LogP contribution in [0.3, 0.4) is 0 Å². The number of halogens is 1. The number of hydrogen-bond donors (Lipinski definition) is 0. The molecule has 0 bridgehead atoms. The largest absolute Gasteiger partial charge is 0.386 e. The van der Waals surface area contributed by atoms with E-state index in [4.69, 9.17) is 4.84 Å². The van der Waals surface area contributed by atoms with Gasteiger partial charge in [-0.05, 0) is 51.5 Å². The highest BCUT2D eigenvalue weighted by molar-refractivity contribution is 6.39. The lowest BCUT2D eigenvalue weighted by Gasteiger charge is -2.44. The number of carbonyl (C=O) groups excluding carboxylic acids is 1. The van der Waals surface area contributed by atoms with Crippen molar-refractivity contribution in [3.63, 3.8) is 0 Å². The van der Waals surface area contributed by atoms with Crippen molar-refractivity contribution in [2.45, 2.75) is 57.2 Å². The van der Waals surface area contributed by atoms with E-state index in [0.29, 0.717) is 24.6 Å². The molecule has 3 fully saturated rings. The Morgan fingerprint density at radius 1 is 1.21 bits per heavy atom. The number of rotatable bonds is 3. The summed E-state index contributed by atoms with van der Waals surface area (Å²) >= 11 is 0. The van der Waals surface area contributed by atoms with Crippen LogP contribution in [0.25, 0.3) is 0 Å². The summed E-state index contributed by atoms with van der Waals surface area (Å²) in [5.74, 6) is 0.675. The van der Waals surface area contributed by atoms with Gasteiger partial charge in [0.2, 0.25) is 5.95 Å². The molecule has 3 aliphatic heterocycles. The summed E-state index contributed by atoms with van der Waals surface area (Å²) in [4.78, 5) is 31.4. The number of aryl methyl sites for hydroxylation is 2. The minimum absolute atomic E-state index is 0.148. The fourth-order valence-corrected chi connectivity index (χ4v) is 4.75. The first kappa shape index (κ1) is 17.8.